The van der Waals surface area contributed by atoms with Crippen LogP contribution >= 0.6 is 0 Å². The summed E-state index contributed by atoms with van der Waals surface area (Å²) in [5.41, 5.74) is 0.891. The van der Waals surface area contributed by atoms with Gasteiger partial charge in [0.15, 0.2) is 5.82 Å². The molecule has 1 N–H and O–H groups in total. The predicted octanol–water partition coefficient (Wildman–Crippen LogP) is 1.86. The van der Waals surface area contributed by atoms with Crippen molar-refractivity contribution in [1.82, 2.24) is 14.5 Å². The lowest BCUT2D eigenvalue weighted by atomic mass is 10.2. The van der Waals surface area contributed by atoms with Crippen LogP contribution in [0.15, 0.2) is 41.5 Å². The molecule has 1 aromatic carbocycles. The molecule has 3 rings (SSSR count). The molecule has 0 amide bonds. The molecule has 0 aliphatic carbocycles. The van der Waals surface area contributed by atoms with Crippen LogP contribution < -0.4 is 10.4 Å². The number of hydrogen-bond acceptors (Lipinski definition) is 3. The van der Waals surface area contributed by atoms with E-state index in [0.29, 0.717) is 16.8 Å². The molecule has 2 aromatic heterocycles. The van der Waals surface area contributed by atoms with Crippen LogP contribution in [0.4, 0.5) is 4.39 Å². The first-order valence-electron chi connectivity index (χ1n) is 5.59. The quantitative estimate of drug-likeness (QED) is 0.764. The van der Waals surface area contributed by atoms with E-state index in [4.69, 9.17) is 4.74 Å². The number of benzene rings is 1. The van der Waals surface area contributed by atoms with Gasteiger partial charge in [0, 0.05) is 12.3 Å². The maximum absolute atomic E-state index is 14.0. The number of ether oxygens (including phenoxy) is 1. The van der Waals surface area contributed by atoms with Gasteiger partial charge in [0.2, 0.25) is 0 Å². The maximum Gasteiger partial charge on any atom is 0.331 e. The van der Waals surface area contributed by atoms with E-state index in [1.54, 1.807) is 18.3 Å². The summed E-state index contributed by atoms with van der Waals surface area (Å²) < 4.78 is 20.2. The Balaban J connectivity index is 2.30. The Morgan fingerprint density at radius 2 is 2.21 bits per heavy atom. The molecular weight excluding hydrogens is 249 g/mol. The van der Waals surface area contributed by atoms with Crippen LogP contribution in [-0.4, -0.2) is 21.6 Å². The van der Waals surface area contributed by atoms with Gasteiger partial charge in [-0.25, -0.2) is 9.18 Å². The molecular formula is C13H10FN3O2. The highest BCUT2D eigenvalue weighted by atomic mass is 19.1. The zero-order valence-electron chi connectivity index (χ0n) is 10.1. The van der Waals surface area contributed by atoms with Gasteiger partial charge in [-0.15, -0.1) is 0 Å². The minimum absolute atomic E-state index is 0.170. The van der Waals surface area contributed by atoms with Crippen LogP contribution in [0.2, 0.25) is 0 Å². The van der Waals surface area contributed by atoms with Crippen LogP contribution in [0.5, 0.6) is 5.75 Å². The molecule has 19 heavy (non-hydrogen) atoms. The van der Waals surface area contributed by atoms with Crippen LogP contribution in [0, 0.1) is 5.82 Å². The van der Waals surface area contributed by atoms with Crippen molar-refractivity contribution in [3.63, 3.8) is 0 Å². The fraction of sp³-hybridized carbons (Fsp3) is 0.0769. The number of H-pyrrole nitrogens is 1. The topological polar surface area (TPSA) is 59.9 Å². The van der Waals surface area contributed by atoms with Crippen molar-refractivity contribution >= 4 is 11.0 Å². The first-order valence-corrected chi connectivity index (χ1v) is 5.59. The van der Waals surface area contributed by atoms with Crippen molar-refractivity contribution in [3.8, 4) is 11.4 Å². The molecule has 0 bridgehead atoms. The molecule has 0 aliphatic rings. The predicted molar refractivity (Wildman–Crippen MR) is 68.2 cm³/mol. The molecule has 0 spiro atoms. The van der Waals surface area contributed by atoms with E-state index in [0.717, 1.165) is 0 Å². The Hall–Kier alpha value is -2.63. The van der Waals surface area contributed by atoms with Gasteiger partial charge in [-0.2, -0.15) is 0 Å². The third-order valence-electron chi connectivity index (χ3n) is 2.88. The summed E-state index contributed by atoms with van der Waals surface area (Å²) in [7, 11) is 1.46. The second-order valence-electron chi connectivity index (χ2n) is 3.98. The van der Waals surface area contributed by atoms with Crippen LogP contribution in [-0.2, 0) is 0 Å². The highest BCUT2D eigenvalue weighted by molar-refractivity contribution is 5.76. The number of aromatic nitrogens is 3. The lowest BCUT2D eigenvalue weighted by molar-refractivity contribution is 0.411. The number of halogens is 1. The number of aromatic amines is 1. The van der Waals surface area contributed by atoms with Gasteiger partial charge in [-0.05, 0) is 18.2 Å². The number of methoxy groups -OCH3 is 1. The summed E-state index contributed by atoms with van der Waals surface area (Å²) in [4.78, 5) is 18.5. The molecule has 0 atom stereocenters. The zero-order valence-corrected chi connectivity index (χ0v) is 10.1. The molecule has 2 heterocycles. The SMILES string of the molecule is COc1ccc(-n2c(=O)[nH]c3cnccc32)c(F)c1. The fourth-order valence-electron chi connectivity index (χ4n) is 1.99. The molecule has 5 nitrogen and oxygen atoms in total. The number of rotatable bonds is 2. The van der Waals surface area contributed by atoms with Gasteiger partial charge < -0.3 is 9.72 Å². The Kier molecular flexibility index (Phi) is 2.56. The molecule has 0 fully saturated rings. The highest BCUT2D eigenvalue weighted by Crippen LogP contribution is 2.21. The molecule has 0 saturated heterocycles. The number of pyridine rings is 1. The van der Waals surface area contributed by atoms with Gasteiger partial charge >= 0.3 is 5.69 Å². The molecule has 0 unspecified atom stereocenters. The average Bonchev–Trinajstić information content (AvgIpc) is 2.75. The number of fused-ring (bicyclic) bond motifs is 1. The fourth-order valence-corrected chi connectivity index (χ4v) is 1.99. The molecule has 96 valence electrons. The van der Waals surface area contributed by atoms with E-state index in [2.05, 4.69) is 9.97 Å². The second-order valence-corrected chi connectivity index (χ2v) is 3.98. The van der Waals surface area contributed by atoms with Crippen molar-refractivity contribution in [3.05, 3.63) is 53.0 Å². The van der Waals surface area contributed by atoms with E-state index in [9.17, 15) is 9.18 Å². The summed E-state index contributed by atoms with van der Waals surface area (Å²) in [5, 5.41) is 0. The summed E-state index contributed by atoms with van der Waals surface area (Å²) >= 11 is 0. The summed E-state index contributed by atoms with van der Waals surface area (Å²) in [6.45, 7) is 0. The second kappa shape index (κ2) is 4.24. The Labute approximate surface area is 107 Å². The van der Waals surface area contributed by atoms with Crippen LogP contribution in [0.3, 0.4) is 0 Å². The van der Waals surface area contributed by atoms with E-state index in [1.165, 1.54) is 30.0 Å². The average molecular weight is 259 g/mol. The third-order valence-corrected chi connectivity index (χ3v) is 2.88. The normalized spacial score (nSPS) is 10.8. The summed E-state index contributed by atoms with van der Waals surface area (Å²) in [6.07, 6.45) is 3.07. The van der Waals surface area contributed by atoms with Gasteiger partial charge in [0.25, 0.3) is 0 Å². The van der Waals surface area contributed by atoms with Gasteiger partial charge in [-0.1, -0.05) is 0 Å². The lowest BCUT2D eigenvalue weighted by Crippen LogP contribution is -2.15. The van der Waals surface area contributed by atoms with E-state index >= 15 is 0 Å². The van der Waals surface area contributed by atoms with Gasteiger partial charge in [-0.3, -0.25) is 9.55 Å². The van der Waals surface area contributed by atoms with Crippen molar-refractivity contribution < 1.29 is 9.13 Å². The standard InChI is InChI=1S/C13H10FN3O2/c1-19-8-2-3-11(9(14)6-8)17-12-4-5-15-7-10(12)16-13(17)18/h2-7H,1H3,(H,16,18). The lowest BCUT2D eigenvalue weighted by Gasteiger charge is -2.06. The Morgan fingerprint density at radius 3 is 2.95 bits per heavy atom. The molecule has 0 saturated carbocycles. The van der Waals surface area contributed by atoms with Crippen molar-refractivity contribution in [1.29, 1.82) is 0 Å². The highest BCUT2D eigenvalue weighted by Gasteiger charge is 2.12. The van der Waals surface area contributed by atoms with Gasteiger partial charge in [0.05, 0.1) is 30.0 Å². The molecule has 0 aliphatic heterocycles. The number of nitrogens with zero attached hydrogens (tertiary/aromatic N) is 2. The molecule has 6 heteroatoms. The zero-order chi connectivity index (χ0) is 13.4. The third kappa shape index (κ3) is 1.77. The minimum atomic E-state index is -0.529. The summed E-state index contributed by atoms with van der Waals surface area (Å²) in [6, 6.07) is 5.99. The maximum atomic E-state index is 14.0. The van der Waals surface area contributed by atoms with E-state index < -0.39 is 11.5 Å². The molecule has 0 radical (unpaired) electrons. The molecule has 3 aromatic rings. The largest absolute Gasteiger partial charge is 0.497 e. The number of hydrogen-bond donors (Lipinski definition) is 1. The minimum Gasteiger partial charge on any atom is -0.497 e. The summed E-state index contributed by atoms with van der Waals surface area (Å²) in [5.74, 6) is -0.130. The monoisotopic (exact) mass is 259 g/mol. The van der Waals surface area contributed by atoms with E-state index in [1.807, 2.05) is 0 Å². The van der Waals surface area contributed by atoms with Crippen molar-refractivity contribution in [2.45, 2.75) is 0 Å². The van der Waals surface area contributed by atoms with Crippen molar-refractivity contribution in [2.24, 2.45) is 0 Å². The van der Waals surface area contributed by atoms with Crippen LogP contribution in [0.1, 0.15) is 0 Å². The Bertz CT molecular complexity index is 807. The van der Waals surface area contributed by atoms with Gasteiger partial charge in [0.1, 0.15) is 5.75 Å². The van der Waals surface area contributed by atoms with E-state index in [-0.39, 0.29) is 5.69 Å². The first-order chi connectivity index (χ1) is 9.20. The number of imidazole rings is 1. The number of nitrogens with one attached hydrogen (secondary N) is 1. The first kappa shape index (κ1) is 11.5. The Morgan fingerprint density at radius 1 is 1.37 bits per heavy atom. The van der Waals surface area contributed by atoms with Crippen molar-refractivity contribution in [2.75, 3.05) is 7.11 Å². The smallest absolute Gasteiger partial charge is 0.331 e. The van der Waals surface area contributed by atoms with Crippen LogP contribution in [0.25, 0.3) is 16.7 Å².